The van der Waals surface area contributed by atoms with Crippen LogP contribution in [0.25, 0.3) is 0 Å². The van der Waals surface area contributed by atoms with Crippen LogP contribution in [0.15, 0.2) is 35.6 Å². The van der Waals surface area contributed by atoms with E-state index in [1.54, 1.807) is 19.9 Å². The molecule has 4 nitrogen and oxygen atoms in total. The van der Waals surface area contributed by atoms with Crippen molar-refractivity contribution in [3.63, 3.8) is 0 Å². The number of ketones is 1. The third-order valence-corrected chi connectivity index (χ3v) is 1.81. The lowest BCUT2D eigenvalue weighted by molar-refractivity contribution is -0.138. The molecule has 4 heteroatoms. The monoisotopic (exact) mass is 208 g/mol. The first-order valence-corrected chi connectivity index (χ1v) is 4.55. The van der Waals surface area contributed by atoms with Gasteiger partial charge in [0.1, 0.15) is 6.10 Å². The van der Waals surface area contributed by atoms with E-state index < -0.39 is 17.5 Å². The highest BCUT2D eigenvalue weighted by Crippen LogP contribution is 2.15. The number of allylic oxidation sites excluding steroid dienone is 2. The highest BCUT2D eigenvalue weighted by molar-refractivity contribution is 6.04. The zero-order chi connectivity index (χ0) is 11.4. The lowest BCUT2D eigenvalue weighted by Crippen LogP contribution is -2.04. The van der Waals surface area contributed by atoms with E-state index in [1.807, 2.05) is 0 Å². The molecule has 1 rings (SSSR count). The average molecular weight is 208 g/mol. The van der Waals surface area contributed by atoms with Crippen molar-refractivity contribution in [2.75, 3.05) is 0 Å². The highest BCUT2D eigenvalue weighted by Gasteiger charge is 2.21. The van der Waals surface area contributed by atoms with E-state index in [9.17, 15) is 14.7 Å². The maximum atomic E-state index is 11.1. The maximum absolute atomic E-state index is 11.1. The van der Waals surface area contributed by atoms with Crippen LogP contribution in [0.3, 0.4) is 0 Å². The van der Waals surface area contributed by atoms with Gasteiger partial charge in [-0.15, -0.1) is 0 Å². The molecule has 0 aromatic carbocycles. The highest BCUT2D eigenvalue weighted by atomic mass is 16.5. The van der Waals surface area contributed by atoms with Gasteiger partial charge in [0.2, 0.25) is 5.78 Å². The van der Waals surface area contributed by atoms with Crippen molar-refractivity contribution in [1.82, 2.24) is 0 Å². The summed E-state index contributed by atoms with van der Waals surface area (Å²) in [5.74, 6) is -1.53. The summed E-state index contributed by atoms with van der Waals surface area (Å²) in [7, 11) is 0. The van der Waals surface area contributed by atoms with E-state index in [2.05, 4.69) is 0 Å². The number of esters is 1. The topological polar surface area (TPSA) is 63.6 Å². The van der Waals surface area contributed by atoms with Crippen LogP contribution >= 0.6 is 0 Å². The molecule has 0 aromatic heterocycles. The summed E-state index contributed by atoms with van der Waals surface area (Å²) in [6.07, 6.45) is 5.08. The fourth-order valence-corrected chi connectivity index (χ4v) is 1.15. The summed E-state index contributed by atoms with van der Waals surface area (Å²) < 4.78 is 4.80. The van der Waals surface area contributed by atoms with E-state index >= 15 is 0 Å². The van der Waals surface area contributed by atoms with Gasteiger partial charge in [0, 0.05) is 0 Å². The Morgan fingerprint density at radius 3 is 2.73 bits per heavy atom. The second kappa shape index (κ2) is 4.59. The Morgan fingerprint density at radius 1 is 1.60 bits per heavy atom. The molecule has 1 atom stereocenters. The molecule has 80 valence electrons. The number of carbonyl (C=O) groups excluding carboxylic acids is 2. The van der Waals surface area contributed by atoms with E-state index in [-0.39, 0.29) is 11.7 Å². The third-order valence-electron chi connectivity index (χ3n) is 1.81. The molecule has 0 aliphatic carbocycles. The smallest absolute Gasteiger partial charge is 0.338 e. The summed E-state index contributed by atoms with van der Waals surface area (Å²) in [6, 6.07) is 0. The van der Waals surface area contributed by atoms with Gasteiger partial charge in [0.15, 0.2) is 5.76 Å². The Morgan fingerprint density at radius 2 is 2.27 bits per heavy atom. The van der Waals surface area contributed by atoms with Crippen molar-refractivity contribution in [3.8, 4) is 0 Å². The Kier molecular flexibility index (Phi) is 3.44. The number of ether oxygens (including phenoxy) is 1. The molecule has 0 amide bonds. The second-order valence-electron chi connectivity index (χ2n) is 3.13. The van der Waals surface area contributed by atoms with E-state index in [1.165, 1.54) is 12.2 Å². The minimum Gasteiger partial charge on any atom is -0.504 e. The van der Waals surface area contributed by atoms with Crippen LogP contribution in [0.1, 0.15) is 13.8 Å². The molecule has 0 saturated carbocycles. The summed E-state index contributed by atoms with van der Waals surface area (Å²) in [6.45, 7) is 3.36. The number of aliphatic hydroxyl groups excluding tert-OH is 1. The summed E-state index contributed by atoms with van der Waals surface area (Å²) in [5.41, 5.74) is 0.206. The SMILES string of the molecule is C/C=C/C(=O)/C(O)=C/C1=C[C@H](C)OC1=O. The molecular weight excluding hydrogens is 196 g/mol. The number of aliphatic hydroxyl groups is 1. The molecule has 15 heavy (non-hydrogen) atoms. The van der Waals surface area contributed by atoms with Crippen LogP contribution in [-0.2, 0) is 14.3 Å². The molecule has 0 radical (unpaired) electrons. The van der Waals surface area contributed by atoms with Crippen LogP contribution < -0.4 is 0 Å². The van der Waals surface area contributed by atoms with E-state index in [0.717, 1.165) is 6.08 Å². The largest absolute Gasteiger partial charge is 0.504 e. The number of cyclic esters (lactones) is 1. The predicted octanol–water partition coefficient (Wildman–Crippen LogP) is 1.45. The maximum Gasteiger partial charge on any atom is 0.338 e. The molecule has 0 saturated heterocycles. The fraction of sp³-hybridized carbons (Fsp3) is 0.273. The van der Waals surface area contributed by atoms with Crippen LogP contribution in [0.5, 0.6) is 0 Å². The molecular formula is C11H12O4. The molecule has 1 N–H and O–H groups in total. The quantitative estimate of drug-likeness (QED) is 0.433. The second-order valence-corrected chi connectivity index (χ2v) is 3.13. The zero-order valence-corrected chi connectivity index (χ0v) is 8.56. The van der Waals surface area contributed by atoms with Gasteiger partial charge in [-0.3, -0.25) is 4.79 Å². The van der Waals surface area contributed by atoms with Crippen molar-refractivity contribution < 1.29 is 19.4 Å². The first kappa shape index (κ1) is 11.2. The molecule has 0 aromatic rings. The van der Waals surface area contributed by atoms with Gasteiger partial charge < -0.3 is 9.84 Å². The minimum atomic E-state index is -0.536. The molecule has 1 aliphatic heterocycles. The zero-order valence-electron chi connectivity index (χ0n) is 8.56. The van der Waals surface area contributed by atoms with E-state index in [4.69, 9.17) is 4.74 Å². The Bertz CT molecular complexity index is 374. The van der Waals surface area contributed by atoms with Gasteiger partial charge in [-0.25, -0.2) is 4.79 Å². The number of hydrogen-bond acceptors (Lipinski definition) is 4. The van der Waals surface area contributed by atoms with Crippen molar-refractivity contribution >= 4 is 11.8 Å². The Balaban J connectivity index is 2.84. The lowest BCUT2D eigenvalue weighted by atomic mass is 10.2. The first-order chi connectivity index (χ1) is 7.04. The molecule has 1 aliphatic rings. The van der Waals surface area contributed by atoms with Crippen molar-refractivity contribution in [2.24, 2.45) is 0 Å². The number of hydrogen-bond donors (Lipinski definition) is 1. The van der Waals surface area contributed by atoms with Crippen molar-refractivity contribution in [2.45, 2.75) is 20.0 Å². The fourth-order valence-electron chi connectivity index (χ4n) is 1.15. The van der Waals surface area contributed by atoms with Gasteiger partial charge in [-0.1, -0.05) is 6.08 Å². The van der Waals surface area contributed by atoms with Crippen molar-refractivity contribution in [1.29, 1.82) is 0 Å². The Hall–Kier alpha value is -1.84. The van der Waals surface area contributed by atoms with Crippen LogP contribution in [0.4, 0.5) is 0 Å². The van der Waals surface area contributed by atoms with Gasteiger partial charge in [-0.05, 0) is 32.1 Å². The van der Waals surface area contributed by atoms with Gasteiger partial charge in [-0.2, -0.15) is 0 Å². The van der Waals surface area contributed by atoms with Crippen molar-refractivity contribution in [3.05, 3.63) is 35.6 Å². The van der Waals surface area contributed by atoms with Crippen LogP contribution in [0.2, 0.25) is 0 Å². The predicted molar refractivity (Wildman–Crippen MR) is 54.2 cm³/mol. The number of rotatable bonds is 3. The van der Waals surface area contributed by atoms with Crippen LogP contribution in [-0.4, -0.2) is 23.0 Å². The minimum absolute atomic E-state index is 0.206. The summed E-state index contributed by atoms with van der Waals surface area (Å²) in [5, 5.41) is 9.32. The van der Waals surface area contributed by atoms with Crippen LogP contribution in [0, 0.1) is 0 Å². The number of carbonyl (C=O) groups is 2. The first-order valence-electron chi connectivity index (χ1n) is 4.55. The molecule has 0 unspecified atom stereocenters. The van der Waals surface area contributed by atoms with Gasteiger partial charge in [0.25, 0.3) is 0 Å². The molecule has 1 heterocycles. The standard InChI is InChI=1S/C11H12O4/c1-3-4-9(12)10(13)6-8-5-7(2)15-11(8)14/h3-7,13H,1-2H3/b4-3+,10-6-/t7-/m0/s1. The summed E-state index contributed by atoms with van der Waals surface area (Å²) in [4.78, 5) is 22.3. The average Bonchev–Trinajstić information content (AvgIpc) is 2.45. The van der Waals surface area contributed by atoms with Gasteiger partial charge in [0.05, 0.1) is 5.57 Å². The Labute approximate surface area is 87.5 Å². The van der Waals surface area contributed by atoms with E-state index in [0.29, 0.717) is 0 Å². The normalized spacial score (nSPS) is 21.7. The molecule has 0 fully saturated rings. The summed E-state index contributed by atoms with van der Waals surface area (Å²) >= 11 is 0. The third kappa shape index (κ3) is 2.80. The lowest BCUT2D eigenvalue weighted by Gasteiger charge is -1.97. The molecule has 0 spiro atoms. The van der Waals surface area contributed by atoms with Gasteiger partial charge >= 0.3 is 5.97 Å². The molecule has 0 bridgehead atoms.